The molecule has 2 aromatic carbocycles. The number of hydrogen-bond acceptors (Lipinski definition) is 4. The highest BCUT2D eigenvalue weighted by Gasteiger charge is 2.52. The maximum absolute atomic E-state index is 15.9. The molecule has 33 heavy (non-hydrogen) atoms. The minimum absolute atomic E-state index is 0.0272. The number of morpholine rings is 1. The van der Waals surface area contributed by atoms with E-state index in [1.54, 1.807) is 12.1 Å². The van der Waals surface area contributed by atoms with E-state index in [2.05, 4.69) is 12.2 Å². The third-order valence-corrected chi connectivity index (χ3v) is 7.48. The lowest BCUT2D eigenvalue weighted by molar-refractivity contribution is -0.147. The van der Waals surface area contributed by atoms with Crippen molar-refractivity contribution < 1.29 is 23.5 Å². The second-order valence-electron chi connectivity index (χ2n) is 9.85. The van der Waals surface area contributed by atoms with Crippen molar-refractivity contribution in [1.82, 2.24) is 5.32 Å². The van der Waals surface area contributed by atoms with E-state index in [4.69, 9.17) is 9.47 Å². The van der Waals surface area contributed by atoms with Crippen LogP contribution >= 0.6 is 0 Å². The minimum atomic E-state index is -0.662. The maximum atomic E-state index is 15.9. The van der Waals surface area contributed by atoms with E-state index in [-0.39, 0.29) is 41.9 Å². The van der Waals surface area contributed by atoms with Gasteiger partial charge in [-0.1, -0.05) is 43.3 Å². The first kappa shape index (κ1) is 22.1. The predicted molar refractivity (Wildman–Crippen MR) is 122 cm³/mol. The highest BCUT2D eigenvalue weighted by Crippen LogP contribution is 2.46. The molecule has 2 aromatic rings. The van der Waals surface area contributed by atoms with E-state index in [9.17, 15) is 9.59 Å². The summed E-state index contributed by atoms with van der Waals surface area (Å²) in [4.78, 5) is 25.8. The third-order valence-electron chi connectivity index (χ3n) is 7.48. The lowest BCUT2D eigenvalue weighted by atomic mass is 9.60. The largest absolute Gasteiger partial charge is 0.493 e. The Bertz CT molecular complexity index is 1070. The summed E-state index contributed by atoms with van der Waals surface area (Å²) in [5.74, 6) is 0.0876. The van der Waals surface area contributed by atoms with Crippen molar-refractivity contribution in [1.29, 1.82) is 0 Å². The Labute approximate surface area is 193 Å². The number of carbonyl (C=O) groups excluding carboxylic acids is 2. The van der Waals surface area contributed by atoms with Gasteiger partial charge in [0.25, 0.3) is 0 Å². The van der Waals surface area contributed by atoms with E-state index in [1.165, 1.54) is 0 Å². The molecular formula is C27H30FNO4. The number of ether oxygens (including phenoxy) is 2. The fourth-order valence-electron chi connectivity index (χ4n) is 6.13. The molecule has 2 heterocycles. The lowest BCUT2D eigenvalue weighted by Crippen LogP contribution is -2.66. The molecule has 0 aromatic heterocycles. The normalized spacial score (nSPS) is 30.1. The number of Topliss-reactive ketones (excluding diaryl/α,β-unsaturated/α-hetero) is 1. The lowest BCUT2D eigenvalue weighted by Gasteiger charge is -2.51. The van der Waals surface area contributed by atoms with Gasteiger partial charge in [0, 0.05) is 23.5 Å². The third kappa shape index (κ3) is 4.17. The molecule has 0 radical (unpaired) electrons. The molecule has 2 aliphatic heterocycles. The molecule has 2 bridgehead atoms. The summed E-state index contributed by atoms with van der Waals surface area (Å²) in [6.07, 6.45) is 2.83. The summed E-state index contributed by atoms with van der Waals surface area (Å²) >= 11 is 0. The van der Waals surface area contributed by atoms with Crippen LogP contribution in [0.3, 0.4) is 0 Å². The zero-order valence-electron chi connectivity index (χ0n) is 18.9. The van der Waals surface area contributed by atoms with Crippen molar-refractivity contribution in [2.75, 3.05) is 19.8 Å². The van der Waals surface area contributed by atoms with Gasteiger partial charge in [-0.15, -0.1) is 0 Å². The van der Waals surface area contributed by atoms with Crippen molar-refractivity contribution in [3.05, 3.63) is 53.8 Å². The Hall–Kier alpha value is -2.73. The van der Waals surface area contributed by atoms with Gasteiger partial charge in [-0.3, -0.25) is 9.59 Å². The standard InChI is InChI=1S/C27H30FNO4/c1-17-12-21-22(27(14-17)16-32-15-25(31)29-27)13-18-6-4-8-20(26(18)28)19-7-2-3-10-24(19)33-11-5-9-23(21)30/h2-4,6-8,10,17,21-22H,5,9,11-16H2,1H3,(H,29,31)/t17-,21?,22?,27?/m0/s1. The molecule has 1 N–H and O–H groups in total. The van der Waals surface area contributed by atoms with Gasteiger partial charge in [0.2, 0.25) is 5.91 Å². The van der Waals surface area contributed by atoms with Crippen molar-refractivity contribution in [3.8, 4) is 16.9 Å². The van der Waals surface area contributed by atoms with Crippen LogP contribution in [-0.2, 0) is 20.7 Å². The Kier molecular flexibility index (Phi) is 5.95. The Morgan fingerprint density at radius 3 is 2.76 bits per heavy atom. The minimum Gasteiger partial charge on any atom is -0.493 e. The molecule has 4 atom stereocenters. The molecule has 1 spiro atoms. The molecule has 174 valence electrons. The van der Waals surface area contributed by atoms with Crippen LogP contribution in [0.25, 0.3) is 11.1 Å². The molecule has 1 saturated carbocycles. The number of halogens is 1. The topological polar surface area (TPSA) is 64.6 Å². The van der Waals surface area contributed by atoms with Gasteiger partial charge in [0.05, 0.1) is 18.8 Å². The summed E-state index contributed by atoms with van der Waals surface area (Å²) < 4.78 is 27.6. The summed E-state index contributed by atoms with van der Waals surface area (Å²) in [6, 6.07) is 12.9. The first-order chi connectivity index (χ1) is 16.0. The van der Waals surface area contributed by atoms with Crippen LogP contribution in [-0.4, -0.2) is 37.0 Å². The molecule has 5 nitrogen and oxygen atoms in total. The van der Waals surface area contributed by atoms with Gasteiger partial charge in [0.1, 0.15) is 24.0 Å². The number of benzene rings is 2. The number of rotatable bonds is 0. The number of amides is 1. The highest BCUT2D eigenvalue weighted by atomic mass is 19.1. The average Bonchev–Trinajstić information content (AvgIpc) is 2.79. The Balaban J connectivity index is 1.62. The van der Waals surface area contributed by atoms with Gasteiger partial charge in [0.15, 0.2) is 0 Å². The smallest absolute Gasteiger partial charge is 0.246 e. The fraction of sp³-hybridized carbons (Fsp3) is 0.481. The summed E-state index contributed by atoms with van der Waals surface area (Å²) in [6.45, 7) is 2.89. The van der Waals surface area contributed by atoms with Gasteiger partial charge in [-0.2, -0.15) is 0 Å². The predicted octanol–water partition coefficient (Wildman–Crippen LogP) is 4.32. The molecule has 6 heteroatoms. The number of hydrogen-bond donors (Lipinski definition) is 1. The van der Waals surface area contributed by atoms with Crippen molar-refractivity contribution in [2.24, 2.45) is 17.8 Å². The number of para-hydroxylation sites is 1. The van der Waals surface area contributed by atoms with Crippen LogP contribution in [0, 0.1) is 23.6 Å². The zero-order valence-corrected chi connectivity index (χ0v) is 18.9. The van der Waals surface area contributed by atoms with Gasteiger partial charge in [-0.05, 0) is 49.1 Å². The van der Waals surface area contributed by atoms with Crippen LogP contribution in [0.15, 0.2) is 42.5 Å². The molecule has 1 amide bonds. The van der Waals surface area contributed by atoms with Crippen LogP contribution < -0.4 is 10.1 Å². The van der Waals surface area contributed by atoms with Gasteiger partial charge < -0.3 is 14.8 Å². The van der Waals surface area contributed by atoms with E-state index in [0.29, 0.717) is 54.9 Å². The number of ketones is 1. The molecule has 3 unspecified atom stereocenters. The van der Waals surface area contributed by atoms with E-state index in [0.717, 1.165) is 12.8 Å². The van der Waals surface area contributed by atoms with Crippen LogP contribution in [0.2, 0.25) is 0 Å². The first-order valence-corrected chi connectivity index (χ1v) is 11.9. The molecular weight excluding hydrogens is 421 g/mol. The number of carbonyl (C=O) groups is 2. The van der Waals surface area contributed by atoms with Crippen molar-refractivity contribution in [3.63, 3.8) is 0 Å². The molecule has 1 saturated heterocycles. The van der Waals surface area contributed by atoms with E-state index < -0.39 is 5.54 Å². The quantitative estimate of drug-likeness (QED) is 0.648. The average molecular weight is 452 g/mol. The maximum Gasteiger partial charge on any atom is 0.246 e. The van der Waals surface area contributed by atoms with Gasteiger partial charge >= 0.3 is 0 Å². The second kappa shape index (κ2) is 8.90. The Morgan fingerprint density at radius 2 is 1.91 bits per heavy atom. The van der Waals surface area contributed by atoms with E-state index >= 15 is 4.39 Å². The summed E-state index contributed by atoms with van der Waals surface area (Å²) in [5, 5.41) is 3.19. The molecule has 2 fully saturated rings. The summed E-state index contributed by atoms with van der Waals surface area (Å²) in [5.41, 5.74) is 1.09. The van der Waals surface area contributed by atoms with Crippen molar-refractivity contribution >= 4 is 11.7 Å². The SMILES string of the molecule is C[C@H]1CC2C(=O)CCCOc3ccccc3-c3cccc(c3F)CC2C2(COCC(=O)N2)C1. The van der Waals surface area contributed by atoms with Gasteiger partial charge in [-0.25, -0.2) is 4.39 Å². The van der Waals surface area contributed by atoms with Crippen molar-refractivity contribution in [2.45, 2.75) is 44.6 Å². The highest BCUT2D eigenvalue weighted by molar-refractivity contribution is 5.83. The molecule has 3 aliphatic rings. The van der Waals surface area contributed by atoms with Crippen LogP contribution in [0.5, 0.6) is 5.75 Å². The monoisotopic (exact) mass is 451 g/mol. The number of fused-ring (bicyclic) bond motifs is 6. The Morgan fingerprint density at radius 1 is 1.09 bits per heavy atom. The first-order valence-electron chi connectivity index (χ1n) is 11.9. The summed E-state index contributed by atoms with van der Waals surface area (Å²) in [7, 11) is 0. The van der Waals surface area contributed by atoms with Crippen LogP contribution in [0.4, 0.5) is 4.39 Å². The number of nitrogens with one attached hydrogen (secondary N) is 1. The molecule has 1 aliphatic carbocycles. The molecule has 5 rings (SSSR count). The van der Waals surface area contributed by atoms with E-state index in [1.807, 2.05) is 30.3 Å². The van der Waals surface area contributed by atoms with Crippen LogP contribution in [0.1, 0.15) is 38.2 Å². The zero-order chi connectivity index (χ0) is 23.0. The fourth-order valence-corrected chi connectivity index (χ4v) is 6.13. The second-order valence-corrected chi connectivity index (χ2v) is 9.85.